The van der Waals surface area contributed by atoms with Gasteiger partial charge in [0.25, 0.3) is 0 Å². The summed E-state index contributed by atoms with van der Waals surface area (Å²) in [5.74, 6) is 5.45. The average Bonchev–Trinajstić information content (AvgIpc) is 2.46. The molecule has 1 aromatic rings. The van der Waals surface area contributed by atoms with Gasteiger partial charge in [-0.05, 0) is 19.4 Å². The molecule has 1 aromatic carbocycles. The average molecular weight is 259 g/mol. The third-order valence-electron chi connectivity index (χ3n) is 2.55. The number of carbonyl (C=O) groups excluding carboxylic acids is 2. The van der Waals surface area contributed by atoms with Crippen LogP contribution in [0.2, 0.25) is 0 Å². The predicted octanol–water partition coefficient (Wildman–Crippen LogP) is 2.24. The van der Waals surface area contributed by atoms with Crippen molar-refractivity contribution >= 4 is 12.4 Å². The fourth-order valence-electron chi connectivity index (χ4n) is 1.41. The highest BCUT2D eigenvalue weighted by molar-refractivity contribution is 5.73. The minimum Gasteiger partial charge on any atom is -0.445 e. The van der Waals surface area contributed by atoms with Crippen molar-refractivity contribution in [3.8, 4) is 11.8 Å². The number of rotatable bonds is 5. The summed E-state index contributed by atoms with van der Waals surface area (Å²) in [6.07, 6.45) is 0.160. The SMILES string of the molecule is CC#CCN(C(=O)OCc1ccccc1)[C@H](C)C=O. The van der Waals surface area contributed by atoms with E-state index in [2.05, 4.69) is 11.8 Å². The fraction of sp³-hybridized carbons (Fsp3) is 0.333. The maximum Gasteiger partial charge on any atom is 0.411 e. The van der Waals surface area contributed by atoms with E-state index in [9.17, 15) is 9.59 Å². The van der Waals surface area contributed by atoms with Gasteiger partial charge in [-0.2, -0.15) is 0 Å². The lowest BCUT2D eigenvalue weighted by Gasteiger charge is -2.22. The highest BCUT2D eigenvalue weighted by atomic mass is 16.6. The molecular formula is C15H17NO3. The van der Waals surface area contributed by atoms with Gasteiger partial charge in [-0.1, -0.05) is 36.3 Å². The summed E-state index contributed by atoms with van der Waals surface area (Å²) >= 11 is 0. The van der Waals surface area contributed by atoms with E-state index in [1.807, 2.05) is 30.3 Å². The van der Waals surface area contributed by atoms with Crippen molar-refractivity contribution < 1.29 is 14.3 Å². The van der Waals surface area contributed by atoms with Crippen LogP contribution in [0.4, 0.5) is 4.79 Å². The molecule has 100 valence electrons. The van der Waals surface area contributed by atoms with Gasteiger partial charge in [-0.15, -0.1) is 5.92 Å². The Bertz CT molecular complexity index is 473. The summed E-state index contributed by atoms with van der Waals surface area (Å²) < 4.78 is 5.17. The van der Waals surface area contributed by atoms with Gasteiger partial charge in [0.2, 0.25) is 0 Å². The van der Waals surface area contributed by atoms with Crippen molar-refractivity contribution in [2.45, 2.75) is 26.5 Å². The zero-order valence-corrected chi connectivity index (χ0v) is 11.1. The molecule has 0 radical (unpaired) electrons. The van der Waals surface area contributed by atoms with Gasteiger partial charge < -0.3 is 9.53 Å². The number of hydrogen-bond acceptors (Lipinski definition) is 3. The summed E-state index contributed by atoms with van der Waals surface area (Å²) in [4.78, 5) is 24.0. The van der Waals surface area contributed by atoms with E-state index in [4.69, 9.17) is 4.74 Å². The summed E-state index contributed by atoms with van der Waals surface area (Å²) in [5.41, 5.74) is 0.899. The zero-order chi connectivity index (χ0) is 14.1. The van der Waals surface area contributed by atoms with Crippen molar-refractivity contribution in [3.05, 3.63) is 35.9 Å². The van der Waals surface area contributed by atoms with Crippen LogP contribution in [0, 0.1) is 11.8 Å². The number of amides is 1. The number of ether oxygens (including phenoxy) is 1. The van der Waals surface area contributed by atoms with Gasteiger partial charge in [0.1, 0.15) is 12.9 Å². The lowest BCUT2D eigenvalue weighted by Crippen LogP contribution is -2.40. The monoisotopic (exact) mass is 259 g/mol. The van der Waals surface area contributed by atoms with Gasteiger partial charge in [-0.3, -0.25) is 4.90 Å². The van der Waals surface area contributed by atoms with Gasteiger partial charge in [0, 0.05) is 0 Å². The summed E-state index contributed by atoms with van der Waals surface area (Å²) in [6.45, 7) is 3.68. The highest BCUT2D eigenvalue weighted by Gasteiger charge is 2.20. The molecule has 1 atom stereocenters. The molecule has 1 amide bonds. The normalized spacial score (nSPS) is 10.8. The van der Waals surface area contributed by atoms with Gasteiger partial charge >= 0.3 is 6.09 Å². The molecule has 0 heterocycles. The third-order valence-corrected chi connectivity index (χ3v) is 2.55. The molecule has 0 aliphatic heterocycles. The molecule has 4 nitrogen and oxygen atoms in total. The van der Waals surface area contributed by atoms with Crippen molar-refractivity contribution in [2.75, 3.05) is 6.54 Å². The molecule has 0 aliphatic rings. The Hall–Kier alpha value is -2.28. The highest BCUT2D eigenvalue weighted by Crippen LogP contribution is 2.05. The second kappa shape index (κ2) is 7.93. The van der Waals surface area contributed by atoms with Crippen molar-refractivity contribution in [1.82, 2.24) is 4.90 Å². The van der Waals surface area contributed by atoms with E-state index >= 15 is 0 Å². The van der Waals surface area contributed by atoms with Crippen LogP contribution in [0.15, 0.2) is 30.3 Å². The largest absolute Gasteiger partial charge is 0.445 e. The van der Waals surface area contributed by atoms with Crippen LogP contribution in [0.1, 0.15) is 19.4 Å². The van der Waals surface area contributed by atoms with Crippen molar-refractivity contribution in [3.63, 3.8) is 0 Å². The maximum absolute atomic E-state index is 11.9. The molecule has 0 saturated heterocycles. The van der Waals surface area contributed by atoms with Crippen LogP contribution in [0.25, 0.3) is 0 Å². The first kappa shape index (κ1) is 14.8. The first-order valence-electron chi connectivity index (χ1n) is 6.01. The number of nitrogens with zero attached hydrogens (tertiary/aromatic N) is 1. The Morgan fingerprint density at radius 3 is 2.68 bits per heavy atom. The molecule has 0 N–H and O–H groups in total. The van der Waals surface area contributed by atoms with E-state index < -0.39 is 12.1 Å². The zero-order valence-electron chi connectivity index (χ0n) is 11.1. The lowest BCUT2D eigenvalue weighted by molar-refractivity contribution is -0.111. The van der Waals surface area contributed by atoms with Crippen LogP contribution >= 0.6 is 0 Å². The Labute approximate surface area is 113 Å². The molecule has 0 spiro atoms. The van der Waals surface area contributed by atoms with Crippen LogP contribution in [0.5, 0.6) is 0 Å². The van der Waals surface area contributed by atoms with Crippen molar-refractivity contribution in [2.24, 2.45) is 0 Å². The third kappa shape index (κ3) is 4.84. The van der Waals surface area contributed by atoms with E-state index in [0.29, 0.717) is 6.29 Å². The Morgan fingerprint density at radius 2 is 2.11 bits per heavy atom. The van der Waals surface area contributed by atoms with E-state index in [0.717, 1.165) is 5.56 Å². The van der Waals surface area contributed by atoms with Gasteiger partial charge in [-0.25, -0.2) is 4.79 Å². The minimum absolute atomic E-state index is 0.182. The smallest absolute Gasteiger partial charge is 0.411 e. The van der Waals surface area contributed by atoms with Crippen LogP contribution in [-0.4, -0.2) is 29.9 Å². The van der Waals surface area contributed by atoms with Crippen LogP contribution in [0.3, 0.4) is 0 Å². The summed E-state index contributed by atoms with van der Waals surface area (Å²) in [5, 5.41) is 0. The number of aldehydes is 1. The standard InChI is InChI=1S/C15H17NO3/c1-3-4-10-16(13(2)11-17)15(18)19-12-14-8-6-5-7-9-14/h5-9,11,13H,10,12H2,1-2H3/t13-/m1/s1. The van der Waals surface area contributed by atoms with Gasteiger partial charge in [0.05, 0.1) is 12.6 Å². The Morgan fingerprint density at radius 1 is 1.42 bits per heavy atom. The number of hydrogen-bond donors (Lipinski definition) is 0. The second-order valence-corrected chi connectivity index (χ2v) is 3.97. The summed E-state index contributed by atoms with van der Waals surface area (Å²) in [6, 6.07) is 8.82. The molecule has 0 bridgehead atoms. The van der Waals surface area contributed by atoms with Crippen LogP contribution < -0.4 is 0 Å². The molecule has 0 fully saturated rings. The van der Waals surface area contributed by atoms with Crippen molar-refractivity contribution in [1.29, 1.82) is 0 Å². The maximum atomic E-state index is 11.9. The van der Waals surface area contributed by atoms with E-state index in [-0.39, 0.29) is 13.2 Å². The van der Waals surface area contributed by atoms with E-state index in [1.54, 1.807) is 13.8 Å². The first-order valence-corrected chi connectivity index (χ1v) is 6.01. The molecule has 1 rings (SSSR count). The molecule has 19 heavy (non-hydrogen) atoms. The molecule has 0 saturated carbocycles. The molecule has 0 aromatic heterocycles. The summed E-state index contributed by atoms with van der Waals surface area (Å²) in [7, 11) is 0. The second-order valence-electron chi connectivity index (χ2n) is 3.97. The molecule has 0 aliphatic carbocycles. The van der Waals surface area contributed by atoms with Gasteiger partial charge in [0.15, 0.2) is 0 Å². The topological polar surface area (TPSA) is 46.6 Å². The number of benzene rings is 1. The number of carbonyl (C=O) groups is 2. The Kier molecular flexibility index (Phi) is 6.17. The van der Waals surface area contributed by atoms with E-state index in [1.165, 1.54) is 4.90 Å². The predicted molar refractivity (Wildman–Crippen MR) is 72.3 cm³/mol. The first-order chi connectivity index (χ1) is 9.19. The fourth-order valence-corrected chi connectivity index (χ4v) is 1.41. The molecule has 0 unspecified atom stereocenters. The molecular weight excluding hydrogens is 242 g/mol. The van der Waals surface area contributed by atoms with Crippen LogP contribution in [-0.2, 0) is 16.1 Å². The quantitative estimate of drug-likeness (QED) is 0.602. The molecule has 4 heteroatoms. The Balaban J connectivity index is 2.60. The lowest BCUT2D eigenvalue weighted by atomic mass is 10.2. The minimum atomic E-state index is -0.552.